The van der Waals surface area contributed by atoms with E-state index in [1.807, 2.05) is 7.05 Å². The van der Waals surface area contributed by atoms with Gasteiger partial charge in [0, 0.05) is 29.1 Å². The van der Waals surface area contributed by atoms with E-state index < -0.39 is 0 Å². The topological polar surface area (TPSA) is 27.8 Å². The quantitative estimate of drug-likeness (QED) is 0.725. The molecule has 3 rings (SSSR count). The second-order valence-corrected chi connectivity index (χ2v) is 4.52. The number of aromatic amines is 1. The van der Waals surface area contributed by atoms with Gasteiger partial charge in [-0.2, -0.15) is 0 Å². The van der Waals surface area contributed by atoms with Gasteiger partial charge >= 0.3 is 0 Å². The lowest BCUT2D eigenvalue weighted by Gasteiger charge is -2.06. The molecule has 0 aliphatic heterocycles. The number of hydrogen-bond donors (Lipinski definition) is 2. The lowest BCUT2D eigenvalue weighted by molar-refractivity contribution is 0.591. The van der Waals surface area contributed by atoms with E-state index in [2.05, 4.69) is 35.4 Å². The third-order valence-corrected chi connectivity index (χ3v) is 3.46. The molecule has 1 aromatic carbocycles. The normalized spacial score (nSPS) is 19.7. The number of fused-ring (bicyclic) bond motifs is 3. The molecule has 0 amide bonds. The van der Waals surface area contributed by atoms with E-state index in [1.54, 1.807) is 0 Å². The molecule has 1 aromatic heterocycles. The minimum absolute atomic E-state index is 0.622. The molecule has 0 fully saturated rings. The molecule has 1 unspecified atom stereocenters. The highest BCUT2D eigenvalue weighted by molar-refractivity contribution is 5.86. The standard InChI is InChI=1S/C13H16N2/c1-8-3-4-10-11-6-9(14-2)7-13(11)15-12(10)5-8/h3-5,9,14-15H,6-7H2,1-2H3. The Balaban J connectivity index is 2.15. The molecule has 0 saturated carbocycles. The maximum absolute atomic E-state index is 3.54. The Labute approximate surface area is 89.7 Å². The molecular weight excluding hydrogens is 184 g/mol. The van der Waals surface area contributed by atoms with Crippen molar-refractivity contribution in [1.82, 2.24) is 10.3 Å². The van der Waals surface area contributed by atoms with Crippen molar-refractivity contribution in [1.29, 1.82) is 0 Å². The summed E-state index contributed by atoms with van der Waals surface area (Å²) in [7, 11) is 2.04. The van der Waals surface area contributed by atoms with Gasteiger partial charge in [0.1, 0.15) is 0 Å². The fourth-order valence-corrected chi connectivity index (χ4v) is 2.60. The van der Waals surface area contributed by atoms with Crippen molar-refractivity contribution in [3.8, 4) is 0 Å². The van der Waals surface area contributed by atoms with E-state index in [9.17, 15) is 0 Å². The first-order valence-corrected chi connectivity index (χ1v) is 5.55. The van der Waals surface area contributed by atoms with E-state index >= 15 is 0 Å². The molecule has 1 heterocycles. The number of nitrogens with one attached hydrogen (secondary N) is 2. The maximum atomic E-state index is 3.54. The van der Waals surface area contributed by atoms with Gasteiger partial charge < -0.3 is 10.3 Å². The minimum Gasteiger partial charge on any atom is -0.358 e. The highest BCUT2D eigenvalue weighted by atomic mass is 14.9. The van der Waals surface area contributed by atoms with Crippen molar-refractivity contribution in [2.45, 2.75) is 25.8 Å². The zero-order valence-electron chi connectivity index (χ0n) is 9.22. The van der Waals surface area contributed by atoms with Crippen molar-refractivity contribution >= 4 is 10.9 Å². The number of aromatic nitrogens is 1. The zero-order valence-corrected chi connectivity index (χ0v) is 9.22. The van der Waals surface area contributed by atoms with Crippen LogP contribution in [0.3, 0.4) is 0 Å². The fraction of sp³-hybridized carbons (Fsp3) is 0.385. The van der Waals surface area contributed by atoms with Crippen LogP contribution in [-0.2, 0) is 12.8 Å². The van der Waals surface area contributed by atoms with Gasteiger partial charge in [-0.25, -0.2) is 0 Å². The number of likely N-dealkylation sites (N-methyl/N-ethyl adjacent to an activating group) is 1. The second kappa shape index (κ2) is 3.11. The Bertz CT molecular complexity index is 510. The number of benzene rings is 1. The first-order chi connectivity index (χ1) is 7.28. The molecule has 0 saturated heterocycles. The van der Waals surface area contributed by atoms with E-state index in [1.165, 1.54) is 27.7 Å². The summed E-state index contributed by atoms with van der Waals surface area (Å²) in [5.41, 5.74) is 5.57. The summed E-state index contributed by atoms with van der Waals surface area (Å²) in [4.78, 5) is 3.54. The third kappa shape index (κ3) is 1.29. The molecule has 0 bridgehead atoms. The fourth-order valence-electron chi connectivity index (χ4n) is 2.60. The van der Waals surface area contributed by atoms with E-state index in [0.29, 0.717) is 6.04 Å². The van der Waals surface area contributed by atoms with Gasteiger partial charge in [0.2, 0.25) is 0 Å². The Hall–Kier alpha value is -1.28. The van der Waals surface area contributed by atoms with E-state index in [0.717, 1.165) is 12.8 Å². The highest BCUT2D eigenvalue weighted by Crippen LogP contribution is 2.30. The predicted molar refractivity (Wildman–Crippen MR) is 63.3 cm³/mol. The van der Waals surface area contributed by atoms with Gasteiger partial charge in [-0.05, 0) is 37.6 Å². The van der Waals surface area contributed by atoms with Crippen LogP contribution in [0.1, 0.15) is 16.8 Å². The smallest absolute Gasteiger partial charge is 0.0461 e. The Kier molecular flexibility index (Phi) is 1.86. The molecular formula is C13H16N2. The molecule has 2 aromatic rings. The monoisotopic (exact) mass is 200 g/mol. The van der Waals surface area contributed by atoms with Crippen LogP contribution in [-0.4, -0.2) is 18.1 Å². The Morgan fingerprint density at radius 1 is 1.33 bits per heavy atom. The van der Waals surface area contributed by atoms with Crippen LogP contribution in [0.4, 0.5) is 0 Å². The van der Waals surface area contributed by atoms with Crippen molar-refractivity contribution < 1.29 is 0 Å². The molecule has 2 N–H and O–H groups in total. The average Bonchev–Trinajstić information content (AvgIpc) is 2.73. The van der Waals surface area contributed by atoms with Crippen LogP contribution >= 0.6 is 0 Å². The van der Waals surface area contributed by atoms with Crippen LogP contribution in [0.2, 0.25) is 0 Å². The molecule has 1 atom stereocenters. The molecule has 78 valence electrons. The van der Waals surface area contributed by atoms with Gasteiger partial charge in [-0.1, -0.05) is 12.1 Å². The van der Waals surface area contributed by atoms with Crippen molar-refractivity contribution in [3.63, 3.8) is 0 Å². The summed E-state index contributed by atoms with van der Waals surface area (Å²) >= 11 is 0. The summed E-state index contributed by atoms with van der Waals surface area (Å²) in [6, 6.07) is 7.31. The summed E-state index contributed by atoms with van der Waals surface area (Å²) in [5.74, 6) is 0. The minimum atomic E-state index is 0.622. The highest BCUT2D eigenvalue weighted by Gasteiger charge is 2.23. The molecule has 1 aliphatic carbocycles. The zero-order chi connectivity index (χ0) is 10.4. The number of hydrogen-bond acceptors (Lipinski definition) is 1. The Morgan fingerprint density at radius 2 is 2.20 bits per heavy atom. The summed E-state index contributed by atoms with van der Waals surface area (Å²) in [6.45, 7) is 2.14. The van der Waals surface area contributed by atoms with Crippen molar-refractivity contribution in [2.75, 3.05) is 7.05 Å². The molecule has 1 aliphatic rings. The molecule has 2 nitrogen and oxygen atoms in total. The molecule has 2 heteroatoms. The van der Waals surface area contributed by atoms with Crippen LogP contribution in [0.25, 0.3) is 10.9 Å². The maximum Gasteiger partial charge on any atom is 0.0461 e. The van der Waals surface area contributed by atoms with Crippen molar-refractivity contribution in [2.24, 2.45) is 0 Å². The molecule has 15 heavy (non-hydrogen) atoms. The van der Waals surface area contributed by atoms with Crippen LogP contribution < -0.4 is 5.32 Å². The second-order valence-electron chi connectivity index (χ2n) is 4.52. The van der Waals surface area contributed by atoms with E-state index in [4.69, 9.17) is 0 Å². The Morgan fingerprint density at radius 3 is 3.00 bits per heavy atom. The van der Waals surface area contributed by atoms with Gasteiger partial charge in [-0.15, -0.1) is 0 Å². The van der Waals surface area contributed by atoms with E-state index in [-0.39, 0.29) is 0 Å². The van der Waals surface area contributed by atoms with Crippen molar-refractivity contribution in [3.05, 3.63) is 35.0 Å². The summed E-state index contributed by atoms with van der Waals surface area (Å²) < 4.78 is 0. The average molecular weight is 200 g/mol. The van der Waals surface area contributed by atoms with Gasteiger partial charge in [0.15, 0.2) is 0 Å². The predicted octanol–water partition coefficient (Wildman–Crippen LogP) is 2.16. The summed E-state index contributed by atoms with van der Waals surface area (Å²) in [6.07, 6.45) is 2.30. The van der Waals surface area contributed by atoms with Gasteiger partial charge in [-0.3, -0.25) is 0 Å². The number of aryl methyl sites for hydroxylation is 1. The first-order valence-electron chi connectivity index (χ1n) is 5.55. The van der Waals surface area contributed by atoms with Crippen LogP contribution in [0.5, 0.6) is 0 Å². The largest absolute Gasteiger partial charge is 0.358 e. The van der Waals surface area contributed by atoms with Gasteiger partial charge in [0.05, 0.1) is 0 Å². The van der Waals surface area contributed by atoms with Crippen LogP contribution in [0.15, 0.2) is 18.2 Å². The lowest BCUT2D eigenvalue weighted by Crippen LogP contribution is -2.25. The van der Waals surface area contributed by atoms with Crippen LogP contribution in [0, 0.1) is 6.92 Å². The van der Waals surface area contributed by atoms with Gasteiger partial charge in [0.25, 0.3) is 0 Å². The SMILES string of the molecule is CNC1Cc2[nH]c3cc(C)ccc3c2C1. The number of rotatable bonds is 1. The number of H-pyrrole nitrogens is 1. The first kappa shape index (κ1) is 8.98. The summed E-state index contributed by atoms with van der Waals surface area (Å²) in [5, 5.41) is 4.76. The molecule has 0 spiro atoms. The lowest BCUT2D eigenvalue weighted by atomic mass is 10.1. The third-order valence-electron chi connectivity index (χ3n) is 3.46. The molecule has 0 radical (unpaired) electrons.